The van der Waals surface area contributed by atoms with Crippen LogP contribution in [0.4, 0.5) is 17.5 Å². The number of nitrogens with zero attached hydrogens (tertiary/aromatic N) is 3. The maximum atomic E-state index is 6.12. The van der Waals surface area contributed by atoms with Crippen molar-refractivity contribution in [2.75, 3.05) is 23.3 Å². The fraction of sp³-hybridized carbons (Fsp3) is 0.286. The van der Waals surface area contributed by atoms with Crippen LogP contribution in [0.1, 0.15) is 13.8 Å². The van der Waals surface area contributed by atoms with Crippen LogP contribution in [0, 0.1) is 0 Å². The van der Waals surface area contributed by atoms with E-state index in [1.165, 1.54) is 0 Å². The summed E-state index contributed by atoms with van der Waals surface area (Å²) in [6.07, 6.45) is 1.72. The Hall–Kier alpha value is -1.52. The second kappa shape index (κ2) is 6.77. The van der Waals surface area contributed by atoms with Gasteiger partial charge in [-0.3, -0.25) is 0 Å². The smallest absolute Gasteiger partial charge is 0.229 e. The molecule has 0 fully saturated rings. The molecule has 2 rings (SSSR count). The molecular weight excluding hydrogens is 295 g/mol. The van der Waals surface area contributed by atoms with Crippen molar-refractivity contribution in [3.8, 4) is 0 Å². The summed E-state index contributed by atoms with van der Waals surface area (Å²) in [4.78, 5) is 10.8. The maximum absolute atomic E-state index is 6.12. The normalized spacial score (nSPS) is 10.4. The molecule has 4 nitrogen and oxygen atoms in total. The van der Waals surface area contributed by atoms with E-state index in [-0.39, 0.29) is 0 Å². The molecule has 20 heavy (non-hydrogen) atoms. The highest BCUT2D eigenvalue weighted by molar-refractivity contribution is 6.39. The van der Waals surface area contributed by atoms with Gasteiger partial charge in [0.05, 0.1) is 15.7 Å². The van der Waals surface area contributed by atoms with Crippen molar-refractivity contribution >= 4 is 40.7 Å². The highest BCUT2D eigenvalue weighted by Crippen LogP contribution is 2.31. The Morgan fingerprint density at radius 3 is 2.35 bits per heavy atom. The van der Waals surface area contributed by atoms with Gasteiger partial charge in [-0.05, 0) is 32.0 Å². The van der Waals surface area contributed by atoms with Crippen LogP contribution in [-0.4, -0.2) is 23.1 Å². The second-order valence-electron chi connectivity index (χ2n) is 4.13. The summed E-state index contributed by atoms with van der Waals surface area (Å²) in [5.41, 5.74) is 0.618. The van der Waals surface area contributed by atoms with Crippen molar-refractivity contribution in [1.29, 1.82) is 0 Å². The fourth-order valence-corrected chi connectivity index (χ4v) is 2.35. The zero-order valence-corrected chi connectivity index (χ0v) is 12.9. The molecule has 1 aromatic heterocycles. The Bertz CT molecular complexity index is 565. The molecule has 0 spiro atoms. The van der Waals surface area contributed by atoms with Gasteiger partial charge in [0.15, 0.2) is 0 Å². The lowest BCUT2D eigenvalue weighted by Gasteiger charge is -2.20. The molecule has 0 aliphatic heterocycles. The zero-order valence-electron chi connectivity index (χ0n) is 11.4. The van der Waals surface area contributed by atoms with Gasteiger partial charge in [-0.15, -0.1) is 0 Å². The molecule has 1 aromatic carbocycles. The van der Waals surface area contributed by atoms with E-state index in [4.69, 9.17) is 23.2 Å². The van der Waals surface area contributed by atoms with E-state index in [1.807, 2.05) is 6.07 Å². The molecule has 2 aromatic rings. The van der Waals surface area contributed by atoms with Crippen molar-refractivity contribution in [3.63, 3.8) is 0 Å². The third-order valence-electron chi connectivity index (χ3n) is 2.93. The van der Waals surface area contributed by atoms with Gasteiger partial charge in [-0.1, -0.05) is 29.3 Å². The molecule has 106 valence electrons. The minimum Gasteiger partial charge on any atom is -0.357 e. The molecule has 0 unspecified atom stereocenters. The zero-order chi connectivity index (χ0) is 14.5. The van der Waals surface area contributed by atoms with Gasteiger partial charge in [0.2, 0.25) is 5.95 Å². The first-order valence-corrected chi connectivity index (χ1v) is 7.20. The Balaban J connectivity index is 2.28. The minimum absolute atomic E-state index is 0.476. The van der Waals surface area contributed by atoms with Gasteiger partial charge in [0.25, 0.3) is 0 Å². The van der Waals surface area contributed by atoms with Crippen LogP contribution in [0.2, 0.25) is 10.0 Å². The summed E-state index contributed by atoms with van der Waals surface area (Å²) in [6.45, 7) is 5.95. The summed E-state index contributed by atoms with van der Waals surface area (Å²) in [5.74, 6) is 1.35. The van der Waals surface area contributed by atoms with Crippen LogP contribution in [0.3, 0.4) is 0 Å². The molecule has 0 saturated heterocycles. The Labute approximate surface area is 128 Å². The SMILES string of the molecule is CCN(CC)c1ccnc(Nc2c(Cl)cccc2Cl)n1. The third kappa shape index (κ3) is 3.32. The molecule has 1 heterocycles. The van der Waals surface area contributed by atoms with Crippen LogP contribution in [-0.2, 0) is 0 Å². The minimum atomic E-state index is 0.476. The molecular formula is C14H16Cl2N4. The summed E-state index contributed by atoms with van der Waals surface area (Å²) >= 11 is 12.2. The Morgan fingerprint density at radius 2 is 1.75 bits per heavy atom. The van der Waals surface area contributed by atoms with E-state index < -0.39 is 0 Å². The molecule has 6 heteroatoms. The highest BCUT2D eigenvalue weighted by Gasteiger charge is 2.09. The first kappa shape index (κ1) is 14.9. The lowest BCUT2D eigenvalue weighted by molar-refractivity contribution is 0.843. The second-order valence-corrected chi connectivity index (χ2v) is 4.95. The largest absolute Gasteiger partial charge is 0.357 e. The standard InChI is InChI=1S/C14H16Cl2N4/c1-3-20(4-2)12-8-9-17-14(18-12)19-13-10(15)6-5-7-11(13)16/h5-9H,3-4H2,1-2H3,(H,17,18,19). The molecule has 0 atom stereocenters. The van der Waals surface area contributed by atoms with Crippen molar-refractivity contribution < 1.29 is 0 Å². The quantitative estimate of drug-likeness (QED) is 0.890. The van der Waals surface area contributed by atoms with E-state index in [0.717, 1.165) is 18.9 Å². The number of hydrogen-bond donors (Lipinski definition) is 1. The lowest BCUT2D eigenvalue weighted by atomic mass is 10.3. The van der Waals surface area contributed by atoms with E-state index in [1.54, 1.807) is 24.4 Å². The molecule has 0 amide bonds. The average molecular weight is 311 g/mol. The summed E-state index contributed by atoms with van der Waals surface area (Å²) in [6, 6.07) is 7.21. The molecule has 0 radical (unpaired) electrons. The van der Waals surface area contributed by atoms with E-state index in [0.29, 0.717) is 21.7 Å². The van der Waals surface area contributed by atoms with Crippen LogP contribution in [0.5, 0.6) is 0 Å². The maximum Gasteiger partial charge on any atom is 0.229 e. The summed E-state index contributed by atoms with van der Waals surface area (Å²) in [7, 11) is 0. The number of benzene rings is 1. The summed E-state index contributed by atoms with van der Waals surface area (Å²) in [5, 5.41) is 4.14. The molecule has 0 saturated carbocycles. The Morgan fingerprint density at radius 1 is 1.10 bits per heavy atom. The number of rotatable bonds is 5. The predicted octanol–water partition coefficient (Wildman–Crippen LogP) is 4.37. The number of nitrogens with one attached hydrogen (secondary N) is 1. The fourth-order valence-electron chi connectivity index (χ4n) is 1.86. The molecule has 0 aliphatic carbocycles. The van der Waals surface area contributed by atoms with Gasteiger partial charge < -0.3 is 10.2 Å². The first-order valence-electron chi connectivity index (χ1n) is 6.44. The Kier molecular flexibility index (Phi) is 5.04. The lowest BCUT2D eigenvalue weighted by Crippen LogP contribution is -2.23. The van der Waals surface area contributed by atoms with Crippen molar-refractivity contribution in [1.82, 2.24) is 9.97 Å². The van der Waals surface area contributed by atoms with Gasteiger partial charge in [-0.25, -0.2) is 4.98 Å². The van der Waals surface area contributed by atoms with Crippen LogP contribution >= 0.6 is 23.2 Å². The van der Waals surface area contributed by atoms with Crippen LogP contribution in [0.15, 0.2) is 30.5 Å². The highest BCUT2D eigenvalue weighted by atomic mass is 35.5. The number of halogens is 2. The molecule has 0 bridgehead atoms. The average Bonchev–Trinajstić information content (AvgIpc) is 2.45. The van der Waals surface area contributed by atoms with Crippen LogP contribution in [0.25, 0.3) is 0 Å². The molecule has 0 aliphatic rings. The van der Waals surface area contributed by atoms with E-state index >= 15 is 0 Å². The van der Waals surface area contributed by atoms with Crippen molar-refractivity contribution in [2.24, 2.45) is 0 Å². The van der Waals surface area contributed by atoms with E-state index in [2.05, 4.69) is 34.0 Å². The van der Waals surface area contributed by atoms with Gasteiger partial charge >= 0.3 is 0 Å². The number of para-hydroxylation sites is 1. The van der Waals surface area contributed by atoms with Crippen LogP contribution < -0.4 is 10.2 Å². The van der Waals surface area contributed by atoms with Crippen molar-refractivity contribution in [3.05, 3.63) is 40.5 Å². The number of aromatic nitrogens is 2. The monoisotopic (exact) mass is 310 g/mol. The topological polar surface area (TPSA) is 41.1 Å². The van der Waals surface area contributed by atoms with Crippen molar-refractivity contribution in [2.45, 2.75) is 13.8 Å². The third-order valence-corrected chi connectivity index (χ3v) is 3.56. The van der Waals surface area contributed by atoms with Gasteiger partial charge in [0, 0.05) is 19.3 Å². The van der Waals surface area contributed by atoms with Gasteiger partial charge in [-0.2, -0.15) is 4.98 Å². The first-order chi connectivity index (χ1) is 9.65. The molecule has 1 N–H and O–H groups in total. The predicted molar refractivity (Wildman–Crippen MR) is 85.3 cm³/mol. The summed E-state index contributed by atoms with van der Waals surface area (Å²) < 4.78 is 0. The van der Waals surface area contributed by atoms with E-state index in [9.17, 15) is 0 Å². The number of anilines is 3. The van der Waals surface area contributed by atoms with Gasteiger partial charge in [0.1, 0.15) is 5.82 Å². The number of hydrogen-bond acceptors (Lipinski definition) is 4.